The molecule has 4 heteroatoms. The molecule has 110 valence electrons. The first-order chi connectivity index (χ1) is 9.63. The Morgan fingerprint density at radius 3 is 2.80 bits per heavy atom. The lowest BCUT2D eigenvalue weighted by Gasteiger charge is -2.33. The van der Waals surface area contributed by atoms with Crippen molar-refractivity contribution in [2.75, 3.05) is 24.5 Å². The number of carbonyl (C=O) groups is 1. The first-order valence-electron chi connectivity index (χ1n) is 7.44. The summed E-state index contributed by atoms with van der Waals surface area (Å²) in [6.45, 7) is 6.38. The van der Waals surface area contributed by atoms with E-state index in [4.69, 9.17) is 0 Å². The van der Waals surface area contributed by atoms with E-state index in [0.29, 0.717) is 6.54 Å². The fourth-order valence-corrected chi connectivity index (χ4v) is 3.12. The van der Waals surface area contributed by atoms with Gasteiger partial charge in [-0.1, -0.05) is 19.4 Å². The number of aromatic hydroxyl groups is 1. The minimum absolute atomic E-state index is 0.178. The van der Waals surface area contributed by atoms with E-state index in [1.807, 2.05) is 13.0 Å². The molecule has 0 aliphatic carbocycles. The van der Waals surface area contributed by atoms with E-state index in [1.54, 1.807) is 23.1 Å². The number of nitrogens with zero attached hydrogens (tertiary/aromatic N) is 1. The van der Waals surface area contributed by atoms with Crippen LogP contribution >= 0.6 is 0 Å². The van der Waals surface area contributed by atoms with Gasteiger partial charge in [0.05, 0.1) is 5.41 Å². The molecule has 1 saturated heterocycles. The number of phenolic OH excluding ortho intramolecular Hbond substituents is 1. The van der Waals surface area contributed by atoms with E-state index >= 15 is 0 Å². The predicted molar refractivity (Wildman–Crippen MR) is 81.0 cm³/mol. The molecule has 0 saturated carbocycles. The number of phenols is 1. The molecule has 2 rings (SSSR count). The smallest absolute Gasteiger partial charge is 0.234 e. The Morgan fingerprint density at radius 2 is 2.25 bits per heavy atom. The van der Waals surface area contributed by atoms with Crippen molar-refractivity contribution in [3.8, 4) is 5.75 Å². The third kappa shape index (κ3) is 2.80. The van der Waals surface area contributed by atoms with Crippen molar-refractivity contribution in [3.63, 3.8) is 0 Å². The number of rotatable bonds is 5. The lowest BCUT2D eigenvalue weighted by molar-refractivity contribution is -0.127. The molecule has 1 heterocycles. The Balaban J connectivity index is 2.28. The normalized spacial score (nSPS) is 21.9. The van der Waals surface area contributed by atoms with Crippen molar-refractivity contribution in [1.29, 1.82) is 0 Å². The Bertz CT molecular complexity index is 467. The molecule has 0 aromatic heterocycles. The number of nitrogens with one attached hydrogen (secondary N) is 1. The maximum Gasteiger partial charge on any atom is 0.234 e. The van der Waals surface area contributed by atoms with Gasteiger partial charge in [-0.15, -0.1) is 0 Å². The molecule has 1 atom stereocenters. The van der Waals surface area contributed by atoms with Crippen molar-refractivity contribution in [2.24, 2.45) is 5.41 Å². The topological polar surface area (TPSA) is 52.6 Å². The highest BCUT2D eigenvalue weighted by atomic mass is 16.3. The zero-order valence-corrected chi connectivity index (χ0v) is 12.4. The lowest BCUT2D eigenvalue weighted by atomic mass is 9.81. The highest BCUT2D eigenvalue weighted by Gasteiger charge is 2.42. The molecule has 1 aromatic rings. The van der Waals surface area contributed by atoms with Crippen LogP contribution in [0, 0.1) is 5.41 Å². The van der Waals surface area contributed by atoms with Gasteiger partial charge in [-0.2, -0.15) is 0 Å². The van der Waals surface area contributed by atoms with Crippen LogP contribution in [0.1, 0.15) is 33.1 Å². The predicted octanol–water partition coefficient (Wildman–Crippen LogP) is 2.52. The summed E-state index contributed by atoms with van der Waals surface area (Å²) in [5, 5.41) is 12.9. The highest BCUT2D eigenvalue weighted by molar-refractivity contribution is 5.98. The molecular weight excluding hydrogens is 252 g/mol. The molecular formula is C16H24N2O2. The van der Waals surface area contributed by atoms with Crippen molar-refractivity contribution in [2.45, 2.75) is 33.1 Å². The van der Waals surface area contributed by atoms with E-state index in [2.05, 4.69) is 12.2 Å². The molecule has 4 nitrogen and oxygen atoms in total. The average molecular weight is 276 g/mol. The quantitative estimate of drug-likeness (QED) is 0.869. The summed E-state index contributed by atoms with van der Waals surface area (Å²) in [7, 11) is 0. The number of anilines is 1. The van der Waals surface area contributed by atoms with E-state index in [9.17, 15) is 9.90 Å². The second kappa shape index (κ2) is 6.27. The minimum Gasteiger partial charge on any atom is -0.508 e. The summed E-state index contributed by atoms with van der Waals surface area (Å²) >= 11 is 0. The Morgan fingerprint density at radius 1 is 1.45 bits per heavy atom. The van der Waals surface area contributed by atoms with Gasteiger partial charge in [0, 0.05) is 24.8 Å². The summed E-state index contributed by atoms with van der Waals surface area (Å²) in [6, 6.07) is 6.94. The van der Waals surface area contributed by atoms with Crippen LogP contribution < -0.4 is 10.2 Å². The molecule has 0 bridgehead atoms. The van der Waals surface area contributed by atoms with Gasteiger partial charge in [-0.25, -0.2) is 0 Å². The van der Waals surface area contributed by atoms with Gasteiger partial charge < -0.3 is 15.3 Å². The largest absolute Gasteiger partial charge is 0.508 e. The van der Waals surface area contributed by atoms with Crippen molar-refractivity contribution >= 4 is 11.6 Å². The van der Waals surface area contributed by atoms with Crippen LogP contribution in [0.5, 0.6) is 5.75 Å². The molecule has 20 heavy (non-hydrogen) atoms. The van der Waals surface area contributed by atoms with Gasteiger partial charge in [-0.05, 0) is 38.4 Å². The van der Waals surface area contributed by atoms with Gasteiger partial charge in [0.15, 0.2) is 0 Å². The molecule has 1 aromatic carbocycles. The van der Waals surface area contributed by atoms with Crippen LogP contribution in [0.3, 0.4) is 0 Å². The Kier molecular flexibility index (Phi) is 4.65. The number of benzene rings is 1. The maximum atomic E-state index is 13.0. The SMILES string of the molecule is CCCC1(C(=O)N(CC)c2cccc(O)c2)CCNC1. The van der Waals surface area contributed by atoms with Crippen LogP contribution in [-0.4, -0.2) is 30.6 Å². The second-order valence-electron chi connectivity index (χ2n) is 5.53. The fraction of sp³-hybridized carbons (Fsp3) is 0.562. The highest BCUT2D eigenvalue weighted by Crippen LogP contribution is 2.35. The van der Waals surface area contributed by atoms with Gasteiger partial charge in [0.25, 0.3) is 0 Å². The minimum atomic E-state index is -0.282. The van der Waals surface area contributed by atoms with Crippen molar-refractivity contribution in [3.05, 3.63) is 24.3 Å². The first-order valence-corrected chi connectivity index (χ1v) is 7.44. The van der Waals surface area contributed by atoms with Crippen LogP contribution in [-0.2, 0) is 4.79 Å². The monoisotopic (exact) mass is 276 g/mol. The zero-order chi connectivity index (χ0) is 14.6. The Labute approximate surface area is 120 Å². The lowest BCUT2D eigenvalue weighted by Crippen LogP contribution is -2.45. The van der Waals surface area contributed by atoms with E-state index < -0.39 is 0 Å². The molecule has 1 aliphatic heterocycles. The standard InChI is InChI=1S/C16H24N2O2/c1-3-8-16(9-10-17-12-16)15(20)18(4-2)13-6-5-7-14(19)11-13/h5-7,11,17,19H,3-4,8-10,12H2,1-2H3. The molecule has 1 amide bonds. The van der Waals surface area contributed by atoms with Crippen LogP contribution in [0.4, 0.5) is 5.69 Å². The van der Waals surface area contributed by atoms with Crippen molar-refractivity contribution < 1.29 is 9.90 Å². The van der Waals surface area contributed by atoms with Crippen LogP contribution in [0.2, 0.25) is 0 Å². The molecule has 0 radical (unpaired) electrons. The summed E-state index contributed by atoms with van der Waals surface area (Å²) in [5.41, 5.74) is 0.496. The third-order valence-corrected chi connectivity index (χ3v) is 4.13. The van der Waals surface area contributed by atoms with Gasteiger partial charge in [0.2, 0.25) is 5.91 Å². The van der Waals surface area contributed by atoms with E-state index in [-0.39, 0.29) is 17.1 Å². The van der Waals surface area contributed by atoms with E-state index in [1.165, 1.54) is 0 Å². The fourth-order valence-electron chi connectivity index (χ4n) is 3.12. The number of amides is 1. The van der Waals surface area contributed by atoms with Gasteiger partial charge in [-0.3, -0.25) is 4.79 Å². The third-order valence-electron chi connectivity index (χ3n) is 4.13. The summed E-state index contributed by atoms with van der Waals surface area (Å²) in [5.74, 6) is 0.375. The average Bonchev–Trinajstić information content (AvgIpc) is 2.90. The summed E-state index contributed by atoms with van der Waals surface area (Å²) in [4.78, 5) is 14.8. The zero-order valence-electron chi connectivity index (χ0n) is 12.4. The first kappa shape index (κ1) is 14.9. The van der Waals surface area contributed by atoms with E-state index in [0.717, 1.165) is 38.0 Å². The number of hydrogen-bond acceptors (Lipinski definition) is 3. The van der Waals surface area contributed by atoms with Crippen LogP contribution in [0.25, 0.3) is 0 Å². The Hall–Kier alpha value is -1.55. The number of hydrogen-bond donors (Lipinski definition) is 2. The number of carbonyl (C=O) groups excluding carboxylic acids is 1. The van der Waals surface area contributed by atoms with Gasteiger partial charge in [0.1, 0.15) is 5.75 Å². The second-order valence-corrected chi connectivity index (χ2v) is 5.53. The van der Waals surface area contributed by atoms with Crippen molar-refractivity contribution in [1.82, 2.24) is 5.32 Å². The summed E-state index contributed by atoms with van der Waals surface area (Å²) in [6.07, 6.45) is 2.81. The van der Waals surface area contributed by atoms with Crippen LogP contribution in [0.15, 0.2) is 24.3 Å². The summed E-state index contributed by atoms with van der Waals surface area (Å²) < 4.78 is 0. The maximum absolute atomic E-state index is 13.0. The molecule has 0 spiro atoms. The molecule has 1 fully saturated rings. The molecule has 2 N–H and O–H groups in total. The molecule has 1 aliphatic rings. The molecule has 1 unspecified atom stereocenters. The van der Waals surface area contributed by atoms with Gasteiger partial charge >= 0.3 is 0 Å².